The Bertz CT molecular complexity index is 596. The van der Waals surface area contributed by atoms with E-state index >= 15 is 0 Å². The molecule has 1 N–H and O–H groups in total. The minimum atomic E-state index is -0.379. The second-order valence-corrected chi connectivity index (χ2v) is 5.71. The summed E-state index contributed by atoms with van der Waals surface area (Å²) < 4.78 is 15.4. The predicted octanol–water partition coefficient (Wildman–Crippen LogP) is 2.78. The molecule has 0 radical (unpaired) electrons. The van der Waals surface area contributed by atoms with Crippen LogP contribution in [0.3, 0.4) is 0 Å². The summed E-state index contributed by atoms with van der Waals surface area (Å²) in [6, 6.07) is 11.9. The maximum atomic E-state index is 12.1. The first kappa shape index (κ1) is 17.6. The maximum Gasteiger partial charge on any atom is 0.252 e. The van der Waals surface area contributed by atoms with Crippen LogP contribution in [0.4, 0.5) is 0 Å². The van der Waals surface area contributed by atoms with Crippen LogP contribution in [-0.2, 0) is 14.2 Å². The van der Waals surface area contributed by atoms with Gasteiger partial charge >= 0.3 is 0 Å². The lowest BCUT2D eigenvalue weighted by atomic mass is 10.1. The quantitative estimate of drug-likeness (QED) is 0.565. The van der Waals surface area contributed by atoms with Crippen molar-refractivity contribution < 1.29 is 19.0 Å². The lowest BCUT2D eigenvalue weighted by Gasteiger charge is -2.13. The summed E-state index contributed by atoms with van der Waals surface area (Å²) >= 11 is 1.56. The first-order chi connectivity index (χ1) is 11.2. The third kappa shape index (κ3) is 5.44. The van der Waals surface area contributed by atoms with E-state index in [1.54, 1.807) is 25.6 Å². The highest BCUT2D eigenvalue weighted by molar-refractivity contribution is 7.13. The molecule has 0 aliphatic carbocycles. The number of nitrogens with one attached hydrogen (secondary N) is 1. The van der Waals surface area contributed by atoms with E-state index in [2.05, 4.69) is 5.32 Å². The van der Waals surface area contributed by atoms with Gasteiger partial charge in [-0.3, -0.25) is 4.79 Å². The van der Waals surface area contributed by atoms with Crippen LogP contribution < -0.4 is 5.32 Å². The number of methoxy groups -OCH3 is 2. The van der Waals surface area contributed by atoms with Gasteiger partial charge < -0.3 is 19.5 Å². The van der Waals surface area contributed by atoms with Crippen LogP contribution >= 0.6 is 11.3 Å². The molecular weight excluding hydrogens is 314 g/mol. The van der Waals surface area contributed by atoms with Gasteiger partial charge in [0, 0.05) is 31.0 Å². The zero-order valence-electron chi connectivity index (χ0n) is 13.3. The Kier molecular flexibility index (Phi) is 7.22. The molecule has 1 amide bonds. The summed E-state index contributed by atoms with van der Waals surface area (Å²) in [5, 5.41) is 4.70. The normalized spacial score (nSPS) is 10.9. The molecule has 0 unspecified atom stereocenters. The molecule has 124 valence electrons. The van der Waals surface area contributed by atoms with Gasteiger partial charge in [-0.15, -0.1) is 11.3 Å². The molecule has 0 saturated heterocycles. The molecule has 5 nitrogen and oxygen atoms in total. The fraction of sp³-hybridized carbons (Fsp3) is 0.353. The molecule has 0 spiro atoms. The first-order valence-corrected chi connectivity index (χ1v) is 8.18. The Morgan fingerprint density at radius 1 is 1.22 bits per heavy atom. The highest BCUT2D eigenvalue weighted by atomic mass is 32.1. The number of thiophene rings is 1. The number of carbonyl (C=O) groups excluding carboxylic acids is 1. The SMILES string of the molecule is COC(COCCNC(=O)c1csc(-c2ccccc2)c1)OC. The van der Waals surface area contributed by atoms with Gasteiger partial charge in [-0.25, -0.2) is 0 Å². The molecule has 23 heavy (non-hydrogen) atoms. The Balaban J connectivity index is 1.75. The molecule has 2 rings (SSSR count). The van der Waals surface area contributed by atoms with Crippen molar-refractivity contribution in [2.24, 2.45) is 0 Å². The number of hydrogen-bond donors (Lipinski definition) is 1. The van der Waals surface area contributed by atoms with Crippen molar-refractivity contribution in [3.8, 4) is 10.4 Å². The van der Waals surface area contributed by atoms with E-state index in [0.29, 0.717) is 25.3 Å². The number of amides is 1. The molecule has 6 heteroatoms. The van der Waals surface area contributed by atoms with Gasteiger partial charge in [0.15, 0.2) is 6.29 Å². The molecule has 0 bridgehead atoms. The van der Waals surface area contributed by atoms with E-state index in [-0.39, 0.29) is 12.2 Å². The fourth-order valence-electron chi connectivity index (χ4n) is 1.96. The third-order valence-corrected chi connectivity index (χ3v) is 4.21. The summed E-state index contributed by atoms with van der Waals surface area (Å²) in [4.78, 5) is 13.2. The summed E-state index contributed by atoms with van der Waals surface area (Å²) in [6.07, 6.45) is -0.379. The van der Waals surface area contributed by atoms with Crippen LogP contribution in [0.15, 0.2) is 41.8 Å². The van der Waals surface area contributed by atoms with E-state index in [9.17, 15) is 4.79 Å². The number of hydrogen-bond acceptors (Lipinski definition) is 5. The highest BCUT2D eigenvalue weighted by Gasteiger charge is 2.09. The van der Waals surface area contributed by atoms with Gasteiger partial charge in [0.25, 0.3) is 5.91 Å². The number of ether oxygens (including phenoxy) is 3. The molecular formula is C17H21NO4S. The average Bonchev–Trinajstić information content (AvgIpc) is 3.09. The van der Waals surface area contributed by atoms with Crippen molar-refractivity contribution >= 4 is 17.2 Å². The highest BCUT2D eigenvalue weighted by Crippen LogP contribution is 2.26. The summed E-state index contributed by atoms with van der Waals surface area (Å²) in [5.41, 5.74) is 1.78. The Morgan fingerprint density at radius 3 is 2.65 bits per heavy atom. The van der Waals surface area contributed by atoms with Crippen LogP contribution in [0, 0.1) is 0 Å². The van der Waals surface area contributed by atoms with Gasteiger partial charge in [0.05, 0.1) is 18.8 Å². The lowest BCUT2D eigenvalue weighted by Crippen LogP contribution is -2.28. The fourth-order valence-corrected chi connectivity index (χ4v) is 2.86. The molecule has 1 aromatic carbocycles. The lowest BCUT2D eigenvalue weighted by molar-refractivity contribution is -0.139. The molecule has 0 saturated carbocycles. The van der Waals surface area contributed by atoms with E-state index in [0.717, 1.165) is 10.4 Å². The van der Waals surface area contributed by atoms with E-state index in [4.69, 9.17) is 14.2 Å². The molecule has 1 aromatic heterocycles. The Morgan fingerprint density at radius 2 is 1.96 bits per heavy atom. The largest absolute Gasteiger partial charge is 0.374 e. The van der Waals surface area contributed by atoms with Gasteiger partial charge in [-0.2, -0.15) is 0 Å². The Hall–Kier alpha value is -1.73. The molecule has 0 aliphatic heterocycles. The second kappa shape index (κ2) is 9.42. The van der Waals surface area contributed by atoms with Crippen LogP contribution in [0.5, 0.6) is 0 Å². The molecule has 2 aromatic rings. The predicted molar refractivity (Wildman–Crippen MR) is 90.7 cm³/mol. The topological polar surface area (TPSA) is 56.8 Å². The van der Waals surface area contributed by atoms with Crippen LogP contribution in [0.1, 0.15) is 10.4 Å². The number of rotatable bonds is 9. The van der Waals surface area contributed by atoms with Gasteiger partial charge in [0.2, 0.25) is 0 Å². The summed E-state index contributed by atoms with van der Waals surface area (Å²) in [6.45, 7) is 1.18. The van der Waals surface area contributed by atoms with Crippen LogP contribution in [0.25, 0.3) is 10.4 Å². The minimum absolute atomic E-state index is 0.0953. The van der Waals surface area contributed by atoms with E-state index in [1.165, 1.54) is 0 Å². The molecule has 0 atom stereocenters. The summed E-state index contributed by atoms with van der Waals surface area (Å²) in [5.74, 6) is -0.0953. The van der Waals surface area contributed by atoms with Crippen LogP contribution in [-0.4, -0.2) is 46.2 Å². The van der Waals surface area contributed by atoms with E-state index in [1.807, 2.05) is 41.8 Å². The van der Waals surface area contributed by atoms with Crippen molar-refractivity contribution in [3.63, 3.8) is 0 Å². The van der Waals surface area contributed by atoms with Crippen molar-refractivity contribution in [1.82, 2.24) is 5.32 Å². The van der Waals surface area contributed by atoms with Crippen molar-refractivity contribution in [2.45, 2.75) is 6.29 Å². The minimum Gasteiger partial charge on any atom is -0.374 e. The van der Waals surface area contributed by atoms with Gasteiger partial charge in [-0.1, -0.05) is 30.3 Å². The van der Waals surface area contributed by atoms with Crippen molar-refractivity contribution in [3.05, 3.63) is 47.3 Å². The summed E-state index contributed by atoms with van der Waals surface area (Å²) in [7, 11) is 3.11. The van der Waals surface area contributed by atoms with Gasteiger partial charge in [-0.05, 0) is 11.6 Å². The first-order valence-electron chi connectivity index (χ1n) is 7.30. The van der Waals surface area contributed by atoms with Crippen molar-refractivity contribution in [2.75, 3.05) is 34.0 Å². The second-order valence-electron chi connectivity index (χ2n) is 4.80. The maximum absolute atomic E-state index is 12.1. The molecule has 0 fully saturated rings. The molecule has 0 aliphatic rings. The van der Waals surface area contributed by atoms with Gasteiger partial charge in [0.1, 0.15) is 0 Å². The zero-order chi connectivity index (χ0) is 16.5. The van der Waals surface area contributed by atoms with E-state index < -0.39 is 0 Å². The average molecular weight is 335 g/mol. The number of carbonyl (C=O) groups is 1. The zero-order valence-corrected chi connectivity index (χ0v) is 14.1. The molecule has 1 heterocycles. The standard InChI is InChI=1S/C17H21NO4S/c1-20-16(21-2)11-22-9-8-18-17(19)14-10-15(23-12-14)13-6-4-3-5-7-13/h3-7,10,12,16H,8-9,11H2,1-2H3,(H,18,19). The monoisotopic (exact) mass is 335 g/mol. The van der Waals surface area contributed by atoms with Crippen LogP contribution in [0.2, 0.25) is 0 Å². The third-order valence-electron chi connectivity index (χ3n) is 3.23. The smallest absolute Gasteiger partial charge is 0.252 e. The number of benzene rings is 1. The van der Waals surface area contributed by atoms with Crippen molar-refractivity contribution in [1.29, 1.82) is 0 Å². The Labute approximate surface area is 140 Å².